The lowest BCUT2D eigenvalue weighted by molar-refractivity contribution is -0.142. The largest absolute Gasteiger partial charge is 0.489 e. The van der Waals surface area contributed by atoms with Gasteiger partial charge in [0.2, 0.25) is 17.7 Å². The number of ether oxygens (including phenoxy) is 1. The lowest BCUT2D eigenvalue weighted by atomic mass is 9.81. The zero-order valence-corrected chi connectivity index (χ0v) is 16.5. The Labute approximate surface area is 174 Å². The fourth-order valence-electron chi connectivity index (χ4n) is 4.19. The van der Waals surface area contributed by atoms with E-state index in [1.54, 1.807) is 30.3 Å². The van der Waals surface area contributed by atoms with Crippen molar-refractivity contribution in [1.82, 2.24) is 4.90 Å². The summed E-state index contributed by atoms with van der Waals surface area (Å²) in [6.07, 6.45) is 3.34. The molecule has 0 spiro atoms. The fraction of sp³-hybridized carbons (Fsp3) is 0.348. The summed E-state index contributed by atoms with van der Waals surface area (Å²) in [7, 11) is 0. The molecule has 2 aromatic carbocycles. The number of halogens is 1. The van der Waals surface area contributed by atoms with Crippen molar-refractivity contribution in [3.8, 4) is 5.75 Å². The summed E-state index contributed by atoms with van der Waals surface area (Å²) in [5.41, 5.74) is 1.33. The third kappa shape index (κ3) is 4.35. The number of imide groups is 1. The molecule has 156 valence electrons. The first-order chi connectivity index (χ1) is 14.5. The van der Waals surface area contributed by atoms with Crippen LogP contribution >= 0.6 is 0 Å². The Kier molecular flexibility index (Phi) is 5.79. The van der Waals surface area contributed by atoms with Crippen molar-refractivity contribution in [2.75, 3.05) is 11.9 Å². The van der Waals surface area contributed by atoms with Crippen LogP contribution in [-0.2, 0) is 21.0 Å². The molecule has 1 aliphatic carbocycles. The molecule has 3 amide bonds. The van der Waals surface area contributed by atoms with Gasteiger partial charge in [-0.2, -0.15) is 0 Å². The van der Waals surface area contributed by atoms with Crippen LogP contribution in [0, 0.1) is 17.7 Å². The first-order valence-electron chi connectivity index (χ1n) is 10.1. The van der Waals surface area contributed by atoms with Crippen LogP contribution in [0.3, 0.4) is 0 Å². The standard InChI is InChI=1S/C23H23FN2O4/c24-16-6-4-8-18(12-16)30-14-15-5-3-7-17(11-15)25-21(27)13-26-22(28)19-9-1-2-10-20(19)23(26)29/h3-8,11-12,19-20H,1-2,9-10,13-14H2,(H,25,27)/t19-,20+. The first-order valence-corrected chi connectivity index (χ1v) is 10.1. The highest BCUT2D eigenvalue weighted by atomic mass is 19.1. The zero-order valence-electron chi connectivity index (χ0n) is 16.5. The number of fused-ring (bicyclic) bond motifs is 1. The van der Waals surface area contributed by atoms with Crippen molar-refractivity contribution in [1.29, 1.82) is 0 Å². The van der Waals surface area contributed by atoms with Gasteiger partial charge in [0.25, 0.3) is 0 Å². The maximum Gasteiger partial charge on any atom is 0.244 e. The molecule has 7 heteroatoms. The molecule has 1 saturated heterocycles. The average molecular weight is 410 g/mol. The van der Waals surface area contributed by atoms with Crippen molar-refractivity contribution in [3.63, 3.8) is 0 Å². The van der Waals surface area contributed by atoms with Crippen molar-refractivity contribution < 1.29 is 23.5 Å². The van der Waals surface area contributed by atoms with Gasteiger partial charge in [-0.3, -0.25) is 19.3 Å². The monoisotopic (exact) mass is 410 g/mol. The van der Waals surface area contributed by atoms with Gasteiger partial charge >= 0.3 is 0 Å². The smallest absolute Gasteiger partial charge is 0.244 e. The van der Waals surface area contributed by atoms with E-state index < -0.39 is 5.91 Å². The molecule has 30 heavy (non-hydrogen) atoms. The van der Waals surface area contributed by atoms with Crippen LogP contribution in [0.1, 0.15) is 31.2 Å². The quantitative estimate of drug-likeness (QED) is 0.740. The second-order valence-corrected chi connectivity index (χ2v) is 7.75. The van der Waals surface area contributed by atoms with Crippen LogP contribution in [0.25, 0.3) is 0 Å². The minimum Gasteiger partial charge on any atom is -0.489 e. The number of nitrogens with zero attached hydrogens (tertiary/aromatic N) is 1. The minimum absolute atomic E-state index is 0.208. The number of carbonyl (C=O) groups excluding carboxylic acids is 3. The summed E-state index contributed by atoms with van der Waals surface area (Å²) in [5, 5.41) is 2.74. The van der Waals surface area contributed by atoms with Gasteiger partial charge in [-0.05, 0) is 42.7 Å². The lowest BCUT2D eigenvalue weighted by Gasteiger charge is -2.19. The summed E-state index contributed by atoms with van der Waals surface area (Å²) in [6.45, 7) is -0.0612. The molecule has 1 aliphatic heterocycles. The summed E-state index contributed by atoms with van der Waals surface area (Å²) in [4.78, 5) is 38.6. The molecule has 0 radical (unpaired) electrons. The number of amides is 3. The highest BCUT2D eigenvalue weighted by Crippen LogP contribution is 2.37. The van der Waals surface area contributed by atoms with Crippen molar-refractivity contribution in [2.45, 2.75) is 32.3 Å². The number of hydrogen-bond donors (Lipinski definition) is 1. The summed E-state index contributed by atoms with van der Waals surface area (Å²) in [6, 6.07) is 12.9. The van der Waals surface area contributed by atoms with E-state index >= 15 is 0 Å². The highest BCUT2D eigenvalue weighted by Gasteiger charge is 2.48. The Morgan fingerprint density at radius 2 is 1.73 bits per heavy atom. The van der Waals surface area contributed by atoms with Gasteiger partial charge in [-0.15, -0.1) is 0 Å². The van der Waals surface area contributed by atoms with E-state index in [-0.39, 0.29) is 42.6 Å². The molecule has 1 N–H and O–H groups in total. The van der Waals surface area contributed by atoms with Gasteiger partial charge in [0, 0.05) is 11.8 Å². The number of likely N-dealkylation sites (tertiary alicyclic amines) is 1. The maximum atomic E-state index is 13.2. The average Bonchev–Trinajstić information content (AvgIpc) is 2.98. The molecule has 1 heterocycles. The number of hydrogen-bond acceptors (Lipinski definition) is 4. The number of anilines is 1. The Morgan fingerprint density at radius 1 is 1.03 bits per heavy atom. The Morgan fingerprint density at radius 3 is 2.43 bits per heavy atom. The third-order valence-electron chi connectivity index (χ3n) is 5.65. The van der Waals surface area contributed by atoms with E-state index in [1.165, 1.54) is 12.1 Å². The van der Waals surface area contributed by atoms with E-state index in [2.05, 4.69) is 5.32 Å². The predicted molar refractivity (Wildman–Crippen MR) is 108 cm³/mol. The van der Waals surface area contributed by atoms with Crippen molar-refractivity contribution >= 4 is 23.4 Å². The first kappa shape index (κ1) is 20.1. The molecule has 2 aromatic rings. The third-order valence-corrected chi connectivity index (χ3v) is 5.65. The molecular formula is C23H23FN2O4. The molecule has 1 saturated carbocycles. The number of nitrogens with one attached hydrogen (secondary N) is 1. The molecule has 2 aliphatic rings. The molecule has 0 unspecified atom stereocenters. The second-order valence-electron chi connectivity index (χ2n) is 7.75. The molecule has 0 aromatic heterocycles. The lowest BCUT2D eigenvalue weighted by Crippen LogP contribution is -2.38. The molecule has 6 nitrogen and oxygen atoms in total. The van der Waals surface area contributed by atoms with E-state index in [0.29, 0.717) is 11.4 Å². The van der Waals surface area contributed by atoms with Crippen LogP contribution in [-0.4, -0.2) is 29.2 Å². The van der Waals surface area contributed by atoms with E-state index in [9.17, 15) is 18.8 Å². The van der Waals surface area contributed by atoms with Gasteiger partial charge in [0.1, 0.15) is 24.7 Å². The predicted octanol–water partition coefficient (Wildman–Crippen LogP) is 3.52. The Bertz CT molecular complexity index is 953. The van der Waals surface area contributed by atoms with Crippen LogP contribution in [0.4, 0.5) is 10.1 Å². The number of rotatable bonds is 6. The van der Waals surface area contributed by atoms with Crippen LogP contribution in [0.5, 0.6) is 5.75 Å². The summed E-state index contributed by atoms with van der Waals surface area (Å²) >= 11 is 0. The maximum absolute atomic E-state index is 13.2. The van der Waals surface area contributed by atoms with Crippen LogP contribution < -0.4 is 10.1 Å². The molecule has 0 bridgehead atoms. The topological polar surface area (TPSA) is 75.7 Å². The minimum atomic E-state index is -0.418. The van der Waals surface area contributed by atoms with Gasteiger partial charge in [0.15, 0.2) is 0 Å². The van der Waals surface area contributed by atoms with Crippen LogP contribution in [0.15, 0.2) is 48.5 Å². The number of benzene rings is 2. The Hall–Kier alpha value is -3.22. The van der Waals surface area contributed by atoms with E-state index in [4.69, 9.17) is 4.74 Å². The van der Waals surface area contributed by atoms with E-state index in [0.717, 1.165) is 36.1 Å². The van der Waals surface area contributed by atoms with Crippen molar-refractivity contribution in [2.24, 2.45) is 11.8 Å². The van der Waals surface area contributed by atoms with Gasteiger partial charge < -0.3 is 10.1 Å². The SMILES string of the molecule is O=C(CN1C(=O)[C@H]2CCCC[C@H]2C1=O)Nc1cccc(COc2cccc(F)c2)c1. The summed E-state index contributed by atoms with van der Waals surface area (Å²) < 4.78 is 18.8. The van der Waals surface area contributed by atoms with E-state index in [1.807, 2.05) is 6.07 Å². The van der Waals surface area contributed by atoms with Gasteiger partial charge in [-0.1, -0.05) is 31.0 Å². The van der Waals surface area contributed by atoms with Gasteiger partial charge in [-0.25, -0.2) is 4.39 Å². The zero-order chi connectivity index (χ0) is 21.1. The molecule has 4 rings (SSSR count). The molecular weight excluding hydrogens is 387 g/mol. The second kappa shape index (κ2) is 8.65. The molecule has 2 atom stereocenters. The van der Waals surface area contributed by atoms with Crippen molar-refractivity contribution in [3.05, 3.63) is 59.9 Å². The number of carbonyl (C=O) groups is 3. The molecule has 2 fully saturated rings. The van der Waals surface area contributed by atoms with Crippen LogP contribution in [0.2, 0.25) is 0 Å². The Balaban J connectivity index is 1.35. The normalized spacial score (nSPS) is 20.8. The summed E-state index contributed by atoms with van der Waals surface area (Å²) in [5.74, 6) is -1.35. The fourth-order valence-corrected chi connectivity index (χ4v) is 4.19. The highest BCUT2D eigenvalue weighted by molar-refractivity contribution is 6.08. The van der Waals surface area contributed by atoms with Gasteiger partial charge in [0.05, 0.1) is 11.8 Å².